The summed E-state index contributed by atoms with van der Waals surface area (Å²) in [7, 11) is 1.84. The Morgan fingerprint density at radius 1 is 1.48 bits per heavy atom. The van der Waals surface area contributed by atoms with E-state index in [1.807, 2.05) is 14.0 Å². The van der Waals surface area contributed by atoms with E-state index in [0.29, 0.717) is 31.3 Å². The van der Waals surface area contributed by atoms with Crippen LogP contribution >= 0.6 is 0 Å². The number of urea groups is 1. The summed E-state index contributed by atoms with van der Waals surface area (Å²) in [6.07, 6.45) is 3.64. The van der Waals surface area contributed by atoms with Gasteiger partial charge in [-0.05, 0) is 25.7 Å². The quantitative estimate of drug-likeness (QED) is 0.825. The van der Waals surface area contributed by atoms with Crippen LogP contribution in [0.15, 0.2) is 6.33 Å². The highest BCUT2D eigenvalue weighted by molar-refractivity contribution is 5.75. The van der Waals surface area contributed by atoms with Gasteiger partial charge in [0.1, 0.15) is 6.33 Å². The Morgan fingerprint density at radius 3 is 2.67 bits per heavy atom. The van der Waals surface area contributed by atoms with Gasteiger partial charge in [0.15, 0.2) is 5.82 Å². The Kier molecular flexibility index (Phi) is 4.77. The fourth-order valence-electron chi connectivity index (χ4n) is 2.65. The number of piperidine rings is 1. The molecule has 116 valence electrons. The van der Waals surface area contributed by atoms with Gasteiger partial charge in [-0.1, -0.05) is 0 Å². The van der Waals surface area contributed by atoms with Crippen LogP contribution in [0.3, 0.4) is 0 Å². The van der Waals surface area contributed by atoms with Crippen molar-refractivity contribution in [3.8, 4) is 0 Å². The molecule has 2 rings (SSSR count). The molecule has 0 bridgehead atoms. The van der Waals surface area contributed by atoms with Crippen molar-refractivity contribution < 1.29 is 9.59 Å². The molecule has 3 amide bonds. The normalized spacial score (nSPS) is 17.5. The first-order chi connectivity index (χ1) is 9.97. The van der Waals surface area contributed by atoms with E-state index in [0.717, 1.165) is 12.8 Å². The van der Waals surface area contributed by atoms with E-state index < -0.39 is 0 Å². The molecule has 0 radical (unpaired) electrons. The second-order valence-corrected chi connectivity index (χ2v) is 5.57. The molecule has 2 heterocycles. The van der Waals surface area contributed by atoms with Crippen LogP contribution in [0.4, 0.5) is 4.79 Å². The molecular weight excluding hydrogens is 272 g/mol. The third-order valence-electron chi connectivity index (χ3n) is 3.87. The third-order valence-corrected chi connectivity index (χ3v) is 3.87. The number of amides is 3. The van der Waals surface area contributed by atoms with E-state index in [1.165, 1.54) is 0 Å². The summed E-state index contributed by atoms with van der Waals surface area (Å²) in [5, 5.41) is 10.7. The van der Waals surface area contributed by atoms with Crippen molar-refractivity contribution >= 4 is 11.9 Å². The van der Waals surface area contributed by atoms with Crippen molar-refractivity contribution in [1.29, 1.82) is 0 Å². The minimum atomic E-state index is -0.270. The lowest BCUT2D eigenvalue weighted by atomic mass is 9.93. The predicted molar refractivity (Wildman–Crippen MR) is 76.1 cm³/mol. The van der Waals surface area contributed by atoms with Crippen molar-refractivity contribution in [2.45, 2.75) is 32.2 Å². The van der Waals surface area contributed by atoms with Crippen LogP contribution in [-0.4, -0.2) is 44.7 Å². The molecule has 0 aromatic carbocycles. The SMILES string of the molecule is C[C@@H](NC(=O)N1CCC(CC(N)=O)CC1)c1nncn1C. The lowest BCUT2D eigenvalue weighted by Gasteiger charge is -2.32. The Morgan fingerprint density at radius 2 is 2.14 bits per heavy atom. The molecular formula is C13H22N6O2. The number of primary amides is 1. The van der Waals surface area contributed by atoms with Gasteiger partial charge in [0.05, 0.1) is 6.04 Å². The summed E-state index contributed by atoms with van der Waals surface area (Å²) in [6, 6.07) is -0.309. The van der Waals surface area contributed by atoms with Crippen molar-refractivity contribution in [2.24, 2.45) is 18.7 Å². The van der Waals surface area contributed by atoms with Crippen LogP contribution < -0.4 is 11.1 Å². The number of carbonyl (C=O) groups excluding carboxylic acids is 2. The molecule has 1 aliphatic rings. The number of rotatable bonds is 4. The molecule has 1 aromatic rings. The maximum atomic E-state index is 12.2. The van der Waals surface area contributed by atoms with Gasteiger partial charge in [0.2, 0.25) is 5.91 Å². The molecule has 3 N–H and O–H groups in total. The van der Waals surface area contributed by atoms with E-state index in [-0.39, 0.29) is 18.0 Å². The van der Waals surface area contributed by atoms with Crippen LogP contribution in [-0.2, 0) is 11.8 Å². The van der Waals surface area contributed by atoms with E-state index in [2.05, 4.69) is 15.5 Å². The number of nitrogens with one attached hydrogen (secondary N) is 1. The Hall–Kier alpha value is -2.12. The van der Waals surface area contributed by atoms with E-state index in [1.54, 1.807) is 15.8 Å². The van der Waals surface area contributed by atoms with Gasteiger partial charge in [0.25, 0.3) is 0 Å². The summed E-state index contributed by atoms with van der Waals surface area (Å²) in [5.41, 5.74) is 5.20. The summed E-state index contributed by atoms with van der Waals surface area (Å²) >= 11 is 0. The molecule has 1 aliphatic heterocycles. The van der Waals surface area contributed by atoms with Gasteiger partial charge < -0.3 is 20.5 Å². The molecule has 0 saturated carbocycles. The molecule has 1 aromatic heterocycles. The lowest BCUT2D eigenvalue weighted by molar-refractivity contribution is -0.119. The fourth-order valence-corrected chi connectivity index (χ4v) is 2.65. The zero-order valence-corrected chi connectivity index (χ0v) is 12.5. The van der Waals surface area contributed by atoms with Crippen LogP contribution in [0.25, 0.3) is 0 Å². The lowest BCUT2D eigenvalue weighted by Crippen LogP contribution is -2.45. The van der Waals surface area contributed by atoms with Gasteiger partial charge in [-0.25, -0.2) is 4.79 Å². The number of nitrogens with two attached hydrogens (primary N) is 1. The highest BCUT2D eigenvalue weighted by atomic mass is 16.2. The molecule has 0 spiro atoms. The first-order valence-electron chi connectivity index (χ1n) is 7.15. The maximum Gasteiger partial charge on any atom is 0.317 e. The number of nitrogens with zero attached hydrogens (tertiary/aromatic N) is 4. The van der Waals surface area contributed by atoms with E-state index in [9.17, 15) is 9.59 Å². The Balaban J connectivity index is 1.82. The molecule has 0 aliphatic carbocycles. The molecule has 1 fully saturated rings. The first kappa shape index (κ1) is 15.3. The molecule has 1 saturated heterocycles. The summed E-state index contributed by atoms with van der Waals surface area (Å²) in [6.45, 7) is 3.17. The monoisotopic (exact) mass is 294 g/mol. The average Bonchev–Trinajstić information content (AvgIpc) is 2.85. The van der Waals surface area contributed by atoms with Crippen molar-refractivity contribution in [3.05, 3.63) is 12.2 Å². The third kappa shape index (κ3) is 3.93. The van der Waals surface area contributed by atoms with Gasteiger partial charge in [-0.3, -0.25) is 4.79 Å². The van der Waals surface area contributed by atoms with Gasteiger partial charge in [0, 0.05) is 26.6 Å². The summed E-state index contributed by atoms with van der Waals surface area (Å²) in [5.74, 6) is 0.739. The first-order valence-corrected chi connectivity index (χ1v) is 7.15. The standard InChI is InChI=1S/C13H22N6O2/c1-9(12-17-15-8-18(12)2)16-13(21)19-5-3-10(4-6-19)7-11(14)20/h8-10H,3-7H2,1-2H3,(H2,14,20)(H,16,21)/t9-/m1/s1. The number of hydrogen-bond acceptors (Lipinski definition) is 4. The zero-order chi connectivity index (χ0) is 15.4. The van der Waals surface area contributed by atoms with Gasteiger partial charge >= 0.3 is 6.03 Å². The molecule has 8 heteroatoms. The number of aromatic nitrogens is 3. The van der Waals surface area contributed by atoms with Gasteiger partial charge in [-0.2, -0.15) is 0 Å². The largest absolute Gasteiger partial charge is 0.370 e. The smallest absolute Gasteiger partial charge is 0.317 e. The van der Waals surface area contributed by atoms with Crippen molar-refractivity contribution in [1.82, 2.24) is 25.0 Å². The zero-order valence-electron chi connectivity index (χ0n) is 12.5. The van der Waals surface area contributed by atoms with Crippen molar-refractivity contribution in [2.75, 3.05) is 13.1 Å². The maximum absolute atomic E-state index is 12.2. The van der Waals surface area contributed by atoms with E-state index >= 15 is 0 Å². The van der Waals surface area contributed by atoms with Crippen LogP contribution in [0, 0.1) is 5.92 Å². The highest BCUT2D eigenvalue weighted by Gasteiger charge is 2.25. The number of likely N-dealkylation sites (tertiary alicyclic amines) is 1. The van der Waals surface area contributed by atoms with Crippen LogP contribution in [0.2, 0.25) is 0 Å². The van der Waals surface area contributed by atoms with E-state index in [4.69, 9.17) is 5.73 Å². The van der Waals surface area contributed by atoms with Crippen LogP contribution in [0.5, 0.6) is 0 Å². The second-order valence-electron chi connectivity index (χ2n) is 5.57. The minimum absolute atomic E-state index is 0.108. The summed E-state index contributed by atoms with van der Waals surface area (Å²) in [4.78, 5) is 24.9. The Bertz CT molecular complexity index is 507. The van der Waals surface area contributed by atoms with Gasteiger partial charge in [-0.15, -0.1) is 10.2 Å². The fraction of sp³-hybridized carbons (Fsp3) is 0.692. The summed E-state index contributed by atoms with van der Waals surface area (Å²) < 4.78 is 1.78. The highest BCUT2D eigenvalue weighted by Crippen LogP contribution is 2.20. The second kappa shape index (κ2) is 6.55. The predicted octanol–water partition coefficient (Wildman–Crippen LogP) is 0.173. The topological polar surface area (TPSA) is 106 Å². The number of hydrogen-bond donors (Lipinski definition) is 2. The Labute approximate surface area is 123 Å². The van der Waals surface area contributed by atoms with Crippen LogP contribution in [0.1, 0.15) is 38.1 Å². The molecule has 8 nitrogen and oxygen atoms in total. The average molecular weight is 294 g/mol. The molecule has 1 atom stereocenters. The number of aryl methyl sites for hydroxylation is 1. The molecule has 0 unspecified atom stereocenters. The number of carbonyl (C=O) groups is 2. The molecule has 21 heavy (non-hydrogen) atoms. The minimum Gasteiger partial charge on any atom is -0.370 e. The van der Waals surface area contributed by atoms with Crippen molar-refractivity contribution in [3.63, 3.8) is 0 Å².